The van der Waals surface area contributed by atoms with E-state index in [4.69, 9.17) is 11.6 Å². The van der Waals surface area contributed by atoms with Gasteiger partial charge in [-0.15, -0.1) is 24.8 Å². The third-order valence-corrected chi connectivity index (χ3v) is 5.71. The van der Waals surface area contributed by atoms with Crippen LogP contribution >= 0.6 is 36.4 Å². The van der Waals surface area contributed by atoms with Crippen LogP contribution in [0, 0.1) is 5.92 Å². The van der Waals surface area contributed by atoms with Gasteiger partial charge >= 0.3 is 0 Å². The van der Waals surface area contributed by atoms with Crippen molar-refractivity contribution in [2.24, 2.45) is 5.92 Å². The Balaban J connectivity index is 0.00000150. The fourth-order valence-corrected chi connectivity index (χ4v) is 3.99. The molecule has 2 aliphatic heterocycles. The van der Waals surface area contributed by atoms with Crippen LogP contribution in [0.4, 0.5) is 5.82 Å². The summed E-state index contributed by atoms with van der Waals surface area (Å²) in [5.74, 6) is 1.76. The van der Waals surface area contributed by atoms with E-state index >= 15 is 0 Å². The predicted molar refractivity (Wildman–Crippen MR) is 123 cm³/mol. The summed E-state index contributed by atoms with van der Waals surface area (Å²) in [5.41, 5.74) is 2.10. The summed E-state index contributed by atoms with van der Waals surface area (Å²) in [6.45, 7) is 5.21. The Kier molecular flexibility index (Phi) is 9.03. The van der Waals surface area contributed by atoms with Gasteiger partial charge in [-0.3, -0.25) is 4.79 Å². The second-order valence-corrected chi connectivity index (χ2v) is 7.81. The van der Waals surface area contributed by atoms with E-state index in [-0.39, 0.29) is 30.7 Å². The standard InChI is InChI=1S/C21H25ClN4O.2ClH/c22-19-5-6-20(24-15-19)25-9-11-26(12-10-25)21(27)18-3-1-16(2-4-18)13-17-7-8-23-14-17;;/h1-6,15,17,23H,7-14H2;2*1H. The molecule has 1 N–H and O–H groups in total. The van der Waals surface area contributed by atoms with Gasteiger partial charge < -0.3 is 15.1 Å². The number of aromatic nitrogens is 1. The van der Waals surface area contributed by atoms with Gasteiger partial charge in [0.25, 0.3) is 5.91 Å². The molecule has 0 saturated carbocycles. The molecule has 3 heterocycles. The number of hydrogen-bond donors (Lipinski definition) is 1. The van der Waals surface area contributed by atoms with E-state index < -0.39 is 0 Å². The van der Waals surface area contributed by atoms with Crippen molar-refractivity contribution in [3.63, 3.8) is 0 Å². The molecule has 2 aliphatic rings. The highest BCUT2D eigenvalue weighted by Crippen LogP contribution is 2.19. The molecule has 1 unspecified atom stereocenters. The summed E-state index contributed by atoms with van der Waals surface area (Å²) < 4.78 is 0. The van der Waals surface area contributed by atoms with E-state index in [1.165, 1.54) is 12.0 Å². The molecule has 158 valence electrons. The van der Waals surface area contributed by atoms with Crippen molar-refractivity contribution in [2.45, 2.75) is 12.8 Å². The minimum atomic E-state index is 0. The average Bonchev–Trinajstić information content (AvgIpc) is 3.22. The van der Waals surface area contributed by atoms with Gasteiger partial charge in [-0.25, -0.2) is 4.98 Å². The van der Waals surface area contributed by atoms with E-state index in [9.17, 15) is 4.79 Å². The molecule has 1 aromatic heterocycles. The zero-order valence-electron chi connectivity index (χ0n) is 16.2. The number of amides is 1. The van der Waals surface area contributed by atoms with Crippen molar-refractivity contribution in [1.82, 2.24) is 15.2 Å². The Morgan fingerprint density at radius 1 is 1.07 bits per heavy atom. The third kappa shape index (κ3) is 5.98. The molecule has 8 heteroatoms. The Bertz CT molecular complexity index is 772. The maximum atomic E-state index is 12.8. The van der Waals surface area contributed by atoms with Gasteiger partial charge in [-0.1, -0.05) is 23.7 Å². The first-order valence-electron chi connectivity index (χ1n) is 9.64. The first-order valence-corrected chi connectivity index (χ1v) is 10.0. The number of benzene rings is 1. The summed E-state index contributed by atoms with van der Waals surface area (Å²) in [7, 11) is 0. The van der Waals surface area contributed by atoms with Crippen molar-refractivity contribution < 1.29 is 4.79 Å². The zero-order valence-corrected chi connectivity index (χ0v) is 18.6. The molecule has 0 spiro atoms. The second kappa shape index (κ2) is 11.0. The lowest BCUT2D eigenvalue weighted by Crippen LogP contribution is -2.49. The zero-order chi connectivity index (χ0) is 18.6. The number of anilines is 1. The lowest BCUT2D eigenvalue weighted by Gasteiger charge is -2.35. The van der Waals surface area contributed by atoms with Crippen molar-refractivity contribution in [2.75, 3.05) is 44.2 Å². The van der Waals surface area contributed by atoms with E-state index in [1.807, 2.05) is 29.2 Å². The Labute approximate surface area is 189 Å². The van der Waals surface area contributed by atoms with Crippen molar-refractivity contribution in [3.8, 4) is 0 Å². The molecule has 2 saturated heterocycles. The summed E-state index contributed by atoms with van der Waals surface area (Å²) in [5, 5.41) is 4.05. The minimum absolute atomic E-state index is 0. The fourth-order valence-electron chi connectivity index (χ4n) is 3.88. The smallest absolute Gasteiger partial charge is 0.253 e. The normalized spacial score (nSPS) is 18.7. The number of hydrogen-bond acceptors (Lipinski definition) is 4. The van der Waals surface area contributed by atoms with Crippen LogP contribution in [0.5, 0.6) is 0 Å². The average molecular weight is 458 g/mol. The lowest BCUT2D eigenvalue weighted by atomic mass is 9.98. The van der Waals surface area contributed by atoms with Crippen molar-refractivity contribution in [1.29, 1.82) is 0 Å². The molecular weight excluding hydrogens is 431 g/mol. The highest BCUT2D eigenvalue weighted by Gasteiger charge is 2.23. The molecule has 1 aromatic carbocycles. The molecule has 0 bridgehead atoms. The van der Waals surface area contributed by atoms with Gasteiger partial charge in [0.15, 0.2) is 0 Å². The SMILES string of the molecule is Cl.Cl.O=C(c1ccc(CC2CCNC2)cc1)N1CCN(c2ccc(Cl)cn2)CC1. The number of halogens is 3. The monoisotopic (exact) mass is 456 g/mol. The quantitative estimate of drug-likeness (QED) is 0.761. The number of nitrogens with one attached hydrogen (secondary N) is 1. The van der Waals surface area contributed by atoms with Crippen LogP contribution in [0.2, 0.25) is 5.02 Å². The summed E-state index contributed by atoms with van der Waals surface area (Å²) in [6.07, 6.45) is 4.00. The first kappa shape index (κ1) is 23.7. The number of piperazine rings is 1. The maximum absolute atomic E-state index is 12.8. The van der Waals surface area contributed by atoms with Crippen LogP contribution in [0.3, 0.4) is 0 Å². The Morgan fingerprint density at radius 2 is 1.79 bits per heavy atom. The first-order chi connectivity index (χ1) is 13.2. The van der Waals surface area contributed by atoms with Crippen LogP contribution in [0.15, 0.2) is 42.6 Å². The molecule has 5 nitrogen and oxygen atoms in total. The lowest BCUT2D eigenvalue weighted by molar-refractivity contribution is 0.0746. The highest BCUT2D eigenvalue weighted by molar-refractivity contribution is 6.30. The number of rotatable bonds is 4. The molecule has 2 aromatic rings. The number of carbonyl (C=O) groups excluding carboxylic acids is 1. The van der Waals surface area contributed by atoms with E-state index in [0.717, 1.165) is 49.9 Å². The van der Waals surface area contributed by atoms with E-state index in [0.29, 0.717) is 18.1 Å². The summed E-state index contributed by atoms with van der Waals surface area (Å²) in [6, 6.07) is 12.0. The number of pyridine rings is 1. The number of carbonyl (C=O) groups is 1. The Morgan fingerprint density at radius 3 is 2.38 bits per heavy atom. The Hall–Kier alpha value is -1.53. The molecule has 0 radical (unpaired) electrons. The third-order valence-electron chi connectivity index (χ3n) is 5.49. The molecule has 2 fully saturated rings. The summed E-state index contributed by atoms with van der Waals surface area (Å²) >= 11 is 5.90. The summed E-state index contributed by atoms with van der Waals surface area (Å²) in [4.78, 5) is 21.3. The van der Waals surface area contributed by atoms with Crippen LogP contribution in [-0.2, 0) is 6.42 Å². The molecule has 4 rings (SSSR count). The largest absolute Gasteiger partial charge is 0.353 e. The van der Waals surface area contributed by atoms with Crippen molar-refractivity contribution >= 4 is 48.1 Å². The molecule has 29 heavy (non-hydrogen) atoms. The fraction of sp³-hybridized carbons (Fsp3) is 0.429. The molecule has 0 aliphatic carbocycles. The molecule has 1 amide bonds. The van der Waals surface area contributed by atoms with Crippen molar-refractivity contribution in [3.05, 3.63) is 58.7 Å². The highest BCUT2D eigenvalue weighted by atomic mass is 35.5. The van der Waals surface area contributed by atoms with Gasteiger partial charge in [0.05, 0.1) is 5.02 Å². The molecule has 1 atom stereocenters. The van der Waals surface area contributed by atoms with E-state index in [1.54, 1.807) is 6.20 Å². The predicted octanol–water partition coefficient (Wildman–Crippen LogP) is 3.69. The maximum Gasteiger partial charge on any atom is 0.253 e. The van der Waals surface area contributed by atoms with Crippen LogP contribution in [0.25, 0.3) is 0 Å². The van der Waals surface area contributed by atoms with Gasteiger partial charge in [-0.2, -0.15) is 0 Å². The van der Waals surface area contributed by atoms with Gasteiger partial charge in [0, 0.05) is 37.9 Å². The second-order valence-electron chi connectivity index (χ2n) is 7.37. The molecular formula is C21H27Cl3N4O. The van der Waals surface area contributed by atoms with E-state index in [2.05, 4.69) is 27.3 Å². The number of nitrogens with zero attached hydrogens (tertiary/aromatic N) is 3. The van der Waals surface area contributed by atoms with Crippen LogP contribution in [-0.4, -0.2) is 55.1 Å². The van der Waals surface area contributed by atoms with Gasteiger partial charge in [-0.05, 0) is 61.7 Å². The van der Waals surface area contributed by atoms with Crippen LogP contribution < -0.4 is 10.2 Å². The topological polar surface area (TPSA) is 48.5 Å². The van der Waals surface area contributed by atoms with Gasteiger partial charge in [0.2, 0.25) is 0 Å². The minimum Gasteiger partial charge on any atom is -0.353 e. The van der Waals surface area contributed by atoms with Gasteiger partial charge in [0.1, 0.15) is 5.82 Å². The van der Waals surface area contributed by atoms with Crippen LogP contribution in [0.1, 0.15) is 22.3 Å².